The smallest absolute Gasteiger partial charge is 0.449 e. The van der Waals surface area contributed by atoms with Crippen LogP contribution in [-0.2, 0) is 4.74 Å². The Hall–Kier alpha value is -1.20. The van der Waals surface area contributed by atoms with Crippen molar-refractivity contribution in [3.63, 3.8) is 0 Å². The Bertz CT molecular complexity index is 459. The van der Waals surface area contributed by atoms with E-state index >= 15 is 0 Å². The maximum atomic E-state index is 10.6. The lowest BCUT2D eigenvalue weighted by Gasteiger charge is -2.26. The third kappa shape index (κ3) is 2.62. The number of rotatable bonds is 3. The van der Waals surface area contributed by atoms with Gasteiger partial charge in [-0.3, -0.25) is 0 Å². The average molecular weight is 268 g/mol. The van der Waals surface area contributed by atoms with Gasteiger partial charge in [0.25, 0.3) is 0 Å². The number of thioether (sulfide) groups is 1. The van der Waals surface area contributed by atoms with Crippen molar-refractivity contribution in [3.05, 3.63) is 23.3 Å². The summed E-state index contributed by atoms with van der Waals surface area (Å²) in [6.07, 6.45) is -0.173. The number of carboxylic acid groups (broad SMARTS) is 1. The summed E-state index contributed by atoms with van der Waals surface area (Å²) >= 11 is 1.73. The van der Waals surface area contributed by atoms with Crippen LogP contribution in [0.15, 0.2) is 17.0 Å². The molecule has 4 nitrogen and oxygen atoms in total. The lowest BCUT2D eigenvalue weighted by molar-refractivity contribution is 0.0574. The van der Waals surface area contributed by atoms with E-state index in [2.05, 4.69) is 0 Å². The van der Waals surface area contributed by atoms with Gasteiger partial charge in [-0.05, 0) is 31.9 Å². The Labute approximate surface area is 110 Å². The molecule has 0 bridgehead atoms. The highest BCUT2D eigenvalue weighted by Gasteiger charge is 2.24. The van der Waals surface area contributed by atoms with Crippen molar-refractivity contribution in [2.45, 2.75) is 31.3 Å². The summed E-state index contributed by atoms with van der Waals surface area (Å²) in [6, 6.07) is 3.62. The standard InChI is InChI=1S/C13H16O4S/c1-3-16-11-6-7-18-12-8(2)10(17-13(14)15)5-4-9(11)12/h4-5,11H,3,6-7H2,1-2H3,(H,14,15). The molecule has 0 radical (unpaired) electrons. The van der Waals surface area contributed by atoms with Gasteiger partial charge in [-0.25, -0.2) is 4.79 Å². The largest absolute Gasteiger partial charge is 0.511 e. The van der Waals surface area contributed by atoms with Gasteiger partial charge < -0.3 is 14.6 Å². The molecule has 0 saturated carbocycles. The van der Waals surface area contributed by atoms with Crippen LogP contribution in [0.2, 0.25) is 0 Å². The first-order chi connectivity index (χ1) is 8.63. The fourth-order valence-electron chi connectivity index (χ4n) is 2.14. The summed E-state index contributed by atoms with van der Waals surface area (Å²) in [4.78, 5) is 11.7. The molecule has 98 valence electrons. The second-order valence-corrected chi connectivity index (χ2v) is 5.16. The molecule has 1 aromatic carbocycles. The molecule has 5 heteroatoms. The van der Waals surface area contributed by atoms with Gasteiger partial charge in [0.2, 0.25) is 0 Å². The predicted octanol–water partition coefficient (Wildman–Crippen LogP) is 3.63. The van der Waals surface area contributed by atoms with Gasteiger partial charge >= 0.3 is 6.16 Å². The van der Waals surface area contributed by atoms with Gasteiger partial charge in [-0.2, -0.15) is 0 Å². The van der Waals surface area contributed by atoms with Crippen LogP contribution >= 0.6 is 11.8 Å². The third-order valence-corrected chi connectivity index (χ3v) is 4.20. The number of ether oxygens (including phenoxy) is 2. The summed E-state index contributed by atoms with van der Waals surface area (Å²) in [5.41, 5.74) is 2.02. The van der Waals surface area contributed by atoms with Crippen molar-refractivity contribution in [1.29, 1.82) is 0 Å². The Kier molecular flexibility index (Phi) is 4.14. The molecule has 1 heterocycles. The maximum absolute atomic E-state index is 10.6. The van der Waals surface area contributed by atoms with E-state index < -0.39 is 6.16 Å². The number of carbonyl (C=O) groups is 1. The van der Waals surface area contributed by atoms with Crippen molar-refractivity contribution in [1.82, 2.24) is 0 Å². The van der Waals surface area contributed by atoms with E-state index in [0.717, 1.165) is 28.2 Å². The van der Waals surface area contributed by atoms with E-state index in [0.29, 0.717) is 12.4 Å². The molecule has 1 aliphatic heterocycles. The molecule has 1 aliphatic rings. The molecule has 1 atom stereocenters. The number of fused-ring (bicyclic) bond motifs is 1. The van der Waals surface area contributed by atoms with Gasteiger partial charge in [0.05, 0.1) is 6.10 Å². The van der Waals surface area contributed by atoms with Crippen molar-refractivity contribution < 1.29 is 19.4 Å². The van der Waals surface area contributed by atoms with Gasteiger partial charge in [-0.1, -0.05) is 6.07 Å². The van der Waals surface area contributed by atoms with Crippen LogP contribution in [0.5, 0.6) is 5.75 Å². The van der Waals surface area contributed by atoms with Crippen molar-refractivity contribution >= 4 is 17.9 Å². The average Bonchev–Trinajstić information content (AvgIpc) is 2.33. The molecule has 1 aromatic rings. The molecule has 0 aromatic heterocycles. The van der Waals surface area contributed by atoms with E-state index in [1.807, 2.05) is 19.9 Å². The van der Waals surface area contributed by atoms with E-state index in [1.165, 1.54) is 0 Å². The zero-order valence-corrected chi connectivity index (χ0v) is 11.3. The highest BCUT2D eigenvalue weighted by Crippen LogP contribution is 2.42. The highest BCUT2D eigenvalue weighted by molar-refractivity contribution is 7.99. The molecule has 0 fully saturated rings. The Morgan fingerprint density at radius 1 is 1.56 bits per heavy atom. The topological polar surface area (TPSA) is 55.8 Å². The third-order valence-electron chi connectivity index (χ3n) is 2.93. The lowest BCUT2D eigenvalue weighted by Crippen LogP contribution is -2.13. The molecule has 0 aliphatic carbocycles. The van der Waals surface area contributed by atoms with Crippen LogP contribution in [0.3, 0.4) is 0 Å². The zero-order chi connectivity index (χ0) is 13.1. The molecule has 0 saturated heterocycles. The molecular weight excluding hydrogens is 252 g/mol. The van der Waals surface area contributed by atoms with Gasteiger partial charge in [0, 0.05) is 22.8 Å². The van der Waals surface area contributed by atoms with Crippen molar-refractivity contribution in [2.75, 3.05) is 12.4 Å². The quantitative estimate of drug-likeness (QED) is 0.670. The van der Waals surface area contributed by atoms with Gasteiger partial charge in [0.15, 0.2) is 0 Å². The summed E-state index contributed by atoms with van der Waals surface area (Å²) in [7, 11) is 0. The first-order valence-electron chi connectivity index (χ1n) is 5.92. The van der Waals surface area contributed by atoms with E-state index in [9.17, 15) is 4.79 Å². The lowest BCUT2D eigenvalue weighted by atomic mass is 10.0. The Balaban J connectivity index is 2.35. The SMILES string of the molecule is CCOC1CCSc2c1ccc(OC(=O)O)c2C. The van der Waals surface area contributed by atoms with Crippen LogP contribution in [0, 0.1) is 6.92 Å². The summed E-state index contributed by atoms with van der Waals surface area (Å²) in [5, 5.41) is 8.68. The summed E-state index contributed by atoms with van der Waals surface area (Å²) in [6.45, 7) is 4.55. The monoisotopic (exact) mass is 268 g/mol. The van der Waals surface area contributed by atoms with Crippen molar-refractivity contribution in [2.24, 2.45) is 0 Å². The van der Waals surface area contributed by atoms with Crippen LogP contribution in [0.1, 0.15) is 30.6 Å². The molecule has 1 unspecified atom stereocenters. The normalized spacial score (nSPS) is 18.2. The van der Waals surface area contributed by atoms with Crippen molar-refractivity contribution in [3.8, 4) is 5.75 Å². The summed E-state index contributed by atoms with van der Waals surface area (Å²) < 4.78 is 10.5. The van der Waals surface area contributed by atoms with Gasteiger partial charge in [0.1, 0.15) is 5.75 Å². The maximum Gasteiger partial charge on any atom is 0.511 e. The van der Waals surface area contributed by atoms with E-state index in [-0.39, 0.29) is 6.10 Å². The summed E-state index contributed by atoms with van der Waals surface area (Å²) in [5.74, 6) is 1.39. The Morgan fingerprint density at radius 2 is 2.33 bits per heavy atom. The second kappa shape index (κ2) is 5.63. The number of hydrogen-bond acceptors (Lipinski definition) is 4. The molecule has 0 amide bonds. The van der Waals surface area contributed by atoms with E-state index in [1.54, 1.807) is 17.8 Å². The predicted molar refractivity (Wildman–Crippen MR) is 69.5 cm³/mol. The van der Waals surface area contributed by atoms with Crippen LogP contribution < -0.4 is 4.74 Å². The van der Waals surface area contributed by atoms with Gasteiger partial charge in [-0.15, -0.1) is 11.8 Å². The van der Waals surface area contributed by atoms with Crippen LogP contribution in [0.4, 0.5) is 4.79 Å². The molecule has 1 N–H and O–H groups in total. The minimum atomic E-state index is -1.28. The zero-order valence-electron chi connectivity index (χ0n) is 10.4. The molecular formula is C13H16O4S. The molecule has 18 heavy (non-hydrogen) atoms. The number of hydrogen-bond donors (Lipinski definition) is 1. The second-order valence-electron chi connectivity index (χ2n) is 4.06. The molecule has 0 spiro atoms. The minimum absolute atomic E-state index is 0.115. The fourth-order valence-corrected chi connectivity index (χ4v) is 3.36. The Morgan fingerprint density at radius 3 is 3.00 bits per heavy atom. The van der Waals surface area contributed by atoms with Crippen LogP contribution in [0.25, 0.3) is 0 Å². The molecule has 2 rings (SSSR count). The highest BCUT2D eigenvalue weighted by atomic mass is 32.2. The first-order valence-corrected chi connectivity index (χ1v) is 6.90. The first kappa shape index (κ1) is 13.2. The number of benzene rings is 1. The van der Waals surface area contributed by atoms with E-state index in [4.69, 9.17) is 14.6 Å². The minimum Gasteiger partial charge on any atom is -0.449 e. The fraction of sp³-hybridized carbons (Fsp3) is 0.462. The van der Waals surface area contributed by atoms with Crippen LogP contribution in [-0.4, -0.2) is 23.6 Å².